The van der Waals surface area contributed by atoms with Crippen molar-refractivity contribution >= 4 is 45.9 Å². The first kappa shape index (κ1) is 27.1. The van der Waals surface area contributed by atoms with Crippen molar-refractivity contribution < 1.29 is 28.2 Å². The van der Waals surface area contributed by atoms with Gasteiger partial charge in [0.15, 0.2) is 17.1 Å². The molecule has 10 nitrogen and oxygen atoms in total. The van der Waals surface area contributed by atoms with Gasteiger partial charge in [-0.3, -0.25) is 9.59 Å². The molecule has 3 aromatic rings. The molecule has 1 aromatic carbocycles. The topological polar surface area (TPSA) is 138 Å². The summed E-state index contributed by atoms with van der Waals surface area (Å²) in [5.41, 5.74) is 5.88. The first-order valence-corrected chi connectivity index (χ1v) is 12.8. The molecular weight excluding hydrogens is 509 g/mol. The number of carbonyl (C=O) groups is 3. The second kappa shape index (κ2) is 12.0. The predicted molar refractivity (Wildman–Crippen MR) is 134 cm³/mol. The van der Waals surface area contributed by atoms with Gasteiger partial charge in [-0.25, -0.2) is 9.18 Å². The van der Waals surface area contributed by atoms with Crippen LogP contribution in [0.1, 0.15) is 58.3 Å². The first-order valence-electron chi connectivity index (χ1n) is 11.0. The Morgan fingerprint density at radius 3 is 2.53 bits per heavy atom. The highest BCUT2D eigenvalue weighted by atomic mass is 32.2. The summed E-state index contributed by atoms with van der Waals surface area (Å²) in [6, 6.07) is 5.67. The van der Waals surface area contributed by atoms with Crippen LogP contribution in [-0.4, -0.2) is 44.9 Å². The highest BCUT2D eigenvalue weighted by molar-refractivity contribution is 7.99. The van der Waals surface area contributed by atoms with Gasteiger partial charge < -0.3 is 25.1 Å². The Balaban J connectivity index is 1.71. The minimum Gasteiger partial charge on any atom is -0.483 e. The number of primary amides is 1. The first-order chi connectivity index (χ1) is 17.2. The monoisotopic (exact) mass is 535 g/mol. The zero-order chi connectivity index (χ0) is 26.4. The summed E-state index contributed by atoms with van der Waals surface area (Å²) >= 11 is 2.08. The lowest BCUT2D eigenvalue weighted by Gasteiger charge is -2.15. The highest BCUT2D eigenvalue weighted by Crippen LogP contribution is 2.34. The molecular formula is C23H26FN5O5S2. The van der Waals surface area contributed by atoms with Gasteiger partial charge in [0.05, 0.1) is 22.8 Å². The Morgan fingerprint density at radius 1 is 1.22 bits per heavy atom. The minimum atomic E-state index is -0.696. The number of carbonyl (C=O) groups excluding carboxylic acids is 3. The molecule has 13 heteroatoms. The molecule has 3 rings (SSSR count). The van der Waals surface area contributed by atoms with Crippen molar-refractivity contribution in [3.63, 3.8) is 0 Å². The second-order valence-electron chi connectivity index (χ2n) is 7.48. The van der Waals surface area contributed by atoms with E-state index in [0.717, 1.165) is 23.1 Å². The molecule has 0 spiro atoms. The van der Waals surface area contributed by atoms with Gasteiger partial charge in [0.1, 0.15) is 16.6 Å². The summed E-state index contributed by atoms with van der Waals surface area (Å²) in [4.78, 5) is 37.0. The van der Waals surface area contributed by atoms with E-state index in [4.69, 9.17) is 15.2 Å². The van der Waals surface area contributed by atoms with Crippen molar-refractivity contribution in [1.29, 1.82) is 0 Å². The second-order valence-corrected chi connectivity index (χ2v) is 9.44. The number of amides is 2. The molecule has 0 saturated heterocycles. The van der Waals surface area contributed by atoms with E-state index >= 15 is 0 Å². The molecule has 3 N–H and O–H groups in total. The number of hydrogen-bond acceptors (Lipinski definition) is 9. The fourth-order valence-electron chi connectivity index (χ4n) is 3.35. The van der Waals surface area contributed by atoms with Gasteiger partial charge in [-0.2, -0.15) is 0 Å². The molecule has 1 atom stereocenters. The number of nitrogens with zero attached hydrogens (tertiary/aromatic N) is 3. The molecule has 0 radical (unpaired) electrons. The van der Waals surface area contributed by atoms with Crippen molar-refractivity contribution in [1.82, 2.24) is 14.8 Å². The Hall–Kier alpha value is -3.45. The Morgan fingerprint density at radius 2 is 1.92 bits per heavy atom. The Bertz CT molecular complexity index is 1260. The molecule has 2 aromatic heterocycles. The molecule has 1 unspecified atom stereocenters. The number of rotatable bonds is 11. The molecule has 0 bridgehead atoms. The number of nitrogens with two attached hydrogens (primary N) is 1. The standard InChI is InChI=1S/C23H26FN5O5S2/c1-5-29-20(13(4)34-15-9-7-14(24)8-10-15)27-28-23(29)35-11-16(30)26-21-17(22(32)33-6-2)12(3)18(36-21)19(25)31/h7-10,13H,5-6,11H2,1-4H3,(H2,25,31)(H,26,30). The lowest BCUT2D eigenvalue weighted by Crippen LogP contribution is -2.17. The summed E-state index contributed by atoms with van der Waals surface area (Å²) in [7, 11) is 0. The summed E-state index contributed by atoms with van der Waals surface area (Å²) in [5, 5.41) is 11.8. The van der Waals surface area contributed by atoms with Crippen molar-refractivity contribution in [2.24, 2.45) is 5.73 Å². The number of esters is 1. The van der Waals surface area contributed by atoms with Gasteiger partial charge in [-0.05, 0) is 57.5 Å². The van der Waals surface area contributed by atoms with Crippen LogP contribution in [0.2, 0.25) is 0 Å². The van der Waals surface area contributed by atoms with E-state index in [0.29, 0.717) is 28.8 Å². The molecule has 0 aliphatic heterocycles. The average Bonchev–Trinajstić information content (AvgIpc) is 3.39. The maximum Gasteiger partial charge on any atom is 0.341 e. The predicted octanol–water partition coefficient (Wildman–Crippen LogP) is 3.95. The molecule has 0 aliphatic carbocycles. The highest BCUT2D eigenvalue weighted by Gasteiger charge is 2.26. The van der Waals surface area contributed by atoms with Crippen LogP contribution in [0, 0.1) is 12.7 Å². The van der Waals surface area contributed by atoms with Gasteiger partial charge in [0.2, 0.25) is 5.91 Å². The minimum absolute atomic E-state index is 0.0313. The largest absolute Gasteiger partial charge is 0.483 e. The number of thioether (sulfide) groups is 1. The zero-order valence-corrected chi connectivity index (χ0v) is 21.8. The number of aromatic nitrogens is 3. The van der Waals surface area contributed by atoms with Crippen molar-refractivity contribution in [2.45, 2.75) is 45.5 Å². The fourth-order valence-corrected chi connectivity index (χ4v) is 5.23. The molecule has 0 saturated carbocycles. The third-order valence-electron chi connectivity index (χ3n) is 4.99. The lowest BCUT2D eigenvalue weighted by atomic mass is 10.1. The maximum absolute atomic E-state index is 13.1. The molecule has 0 aliphatic rings. The molecule has 2 heterocycles. The number of thiophene rings is 1. The number of nitrogens with one attached hydrogen (secondary N) is 1. The van der Waals surface area contributed by atoms with E-state index in [1.165, 1.54) is 24.3 Å². The van der Waals surface area contributed by atoms with Crippen LogP contribution in [0.15, 0.2) is 29.4 Å². The SMILES string of the molecule is CCOC(=O)c1c(NC(=O)CSc2nnc(C(C)Oc3ccc(F)cc3)n2CC)sc(C(N)=O)c1C. The van der Waals surface area contributed by atoms with Crippen LogP contribution in [-0.2, 0) is 16.1 Å². The smallest absolute Gasteiger partial charge is 0.341 e. The Labute approximate surface area is 215 Å². The lowest BCUT2D eigenvalue weighted by molar-refractivity contribution is -0.113. The number of anilines is 1. The third kappa shape index (κ3) is 6.21. The van der Waals surface area contributed by atoms with E-state index in [2.05, 4.69) is 15.5 Å². The number of ether oxygens (including phenoxy) is 2. The van der Waals surface area contributed by atoms with Gasteiger partial charge in [0, 0.05) is 6.54 Å². The quantitative estimate of drug-likeness (QED) is 0.278. The van der Waals surface area contributed by atoms with Crippen LogP contribution in [0.5, 0.6) is 5.75 Å². The average molecular weight is 536 g/mol. The number of halogens is 1. The van der Waals surface area contributed by atoms with Crippen molar-refractivity contribution in [3.8, 4) is 5.75 Å². The van der Waals surface area contributed by atoms with Crippen LogP contribution < -0.4 is 15.8 Å². The van der Waals surface area contributed by atoms with Gasteiger partial charge in [-0.1, -0.05) is 11.8 Å². The molecule has 2 amide bonds. The van der Waals surface area contributed by atoms with E-state index in [9.17, 15) is 18.8 Å². The molecule has 0 fully saturated rings. The maximum atomic E-state index is 13.1. The summed E-state index contributed by atoms with van der Waals surface area (Å²) in [6.07, 6.45) is -0.473. The normalized spacial score (nSPS) is 11.7. The van der Waals surface area contributed by atoms with E-state index in [-0.39, 0.29) is 33.6 Å². The van der Waals surface area contributed by atoms with Crippen molar-refractivity contribution in [3.05, 3.63) is 51.9 Å². The number of benzene rings is 1. The van der Waals surface area contributed by atoms with Gasteiger partial charge in [-0.15, -0.1) is 21.5 Å². The van der Waals surface area contributed by atoms with Crippen LogP contribution in [0.25, 0.3) is 0 Å². The van der Waals surface area contributed by atoms with Crippen LogP contribution in [0.3, 0.4) is 0 Å². The van der Waals surface area contributed by atoms with Crippen LogP contribution >= 0.6 is 23.1 Å². The molecule has 36 heavy (non-hydrogen) atoms. The fraction of sp³-hybridized carbons (Fsp3) is 0.348. The zero-order valence-electron chi connectivity index (χ0n) is 20.2. The number of hydrogen-bond donors (Lipinski definition) is 2. The van der Waals surface area contributed by atoms with E-state index in [1.54, 1.807) is 20.8 Å². The molecule has 192 valence electrons. The van der Waals surface area contributed by atoms with E-state index in [1.807, 2.05) is 11.5 Å². The van der Waals surface area contributed by atoms with Gasteiger partial charge >= 0.3 is 5.97 Å². The Kier molecular flexibility index (Phi) is 9.04. The van der Waals surface area contributed by atoms with Crippen LogP contribution in [0.4, 0.5) is 9.39 Å². The van der Waals surface area contributed by atoms with Gasteiger partial charge in [0.25, 0.3) is 5.91 Å². The van der Waals surface area contributed by atoms with Crippen molar-refractivity contribution in [2.75, 3.05) is 17.7 Å². The summed E-state index contributed by atoms with van der Waals surface area (Å²) < 4.78 is 25.9. The summed E-state index contributed by atoms with van der Waals surface area (Å²) in [6.45, 7) is 7.62. The third-order valence-corrected chi connectivity index (χ3v) is 7.18. The van der Waals surface area contributed by atoms with E-state index < -0.39 is 23.9 Å². The summed E-state index contributed by atoms with van der Waals surface area (Å²) in [5.74, 6) is -1.11.